The summed E-state index contributed by atoms with van der Waals surface area (Å²) in [5.74, 6) is -1.29. The van der Waals surface area contributed by atoms with E-state index in [0.29, 0.717) is 25.1 Å². The second-order valence-electron chi connectivity index (χ2n) is 7.09. The highest BCUT2D eigenvalue weighted by Gasteiger charge is 2.39. The summed E-state index contributed by atoms with van der Waals surface area (Å²) in [6.07, 6.45) is 0.707. The van der Waals surface area contributed by atoms with Crippen molar-refractivity contribution in [1.29, 1.82) is 0 Å². The van der Waals surface area contributed by atoms with E-state index in [-0.39, 0.29) is 23.4 Å². The number of nitrogens with one attached hydrogen (secondary N) is 1. The molecule has 2 atom stereocenters. The van der Waals surface area contributed by atoms with E-state index in [4.69, 9.17) is 16.3 Å². The molecule has 0 spiro atoms. The van der Waals surface area contributed by atoms with Crippen molar-refractivity contribution >= 4 is 40.9 Å². The molecule has 30 heavy (non-hydrogen) atoms. The van der Waals surface area contributed by atoms with Gasteiger partial charge in [-0.05, 0) is 36.2 Å². The lowest BCUT2D eigenvalue weighted by Crippen LogP contribution is -2.47. The predicted octanol–water partition coefficient (Wildman–Crippen LogP) is 4.28. The Kier molecular flexibility index (Phi) is 7.75. The van der Waals surface area contributed by atoms with Crippen LogP contribution in [-0.4, -0.2) is 37.3 Å². The highest BCUT2D eigenvalue weighted by Crippen LogP contribution is 2.42. The Hall–Kier alpha value is -2.09. The molecule has 2 aromatic rings. The number of ether oxygens (including phenoxy) is 1. The molecular formula is C22H24ClFN2O3S. The van der Waals surface area contributed by atoms with Gasteiger partial charge in [-0.15, -0.1) is 11.8 Å². The van der Waals surface area contributed by atoms with Crippen LogP contribution in [0.5, 0.6) is 0 Å². The van der Waals surface area contributed by atoms with Crippen molar-refractivity contribution in [2.45, 2.75) is 30.0 Å². The van der Waals surface area contributed by atoms with Crippen molar-refractivity contribution in [2.75, 3.05) is 25.2 Å². The topological polar surface area (TPSA) is 58.6 Å². The summed E-state index contributed by atoms with van der Waals surface area (Å²) >= 11 is 7.59. The number of carbonyl (C=O) groups is 2. The van der Waals surface area contributed by atoms with Crippen LogP contribution < -0.4 is 10.2 Å². The van der Waals surface area contributed by atoms with Crippen molar-refractivity contribution in [3.63, 3.8) is 0 Å². The number of hydrogen-bond donors (Lipinski definition) is 1. The van der Waals surface area contributed by atoms with Gasteiger partial charge in [0.15, 0.2) is 0 Å². The molecule has 0 bridgehead atoms. The summed E-state index contributed by atoms with van der Waals surface area (Å²) in [7, 11) is 1.61. The van der Waals surface area contributed by atoms with Gasteiger partial charge in [0.05, 0.1) is 18.2 Å². The molecule has 2 unspecified atom stereocenters. The zero-order chi connectivity index (χ0) is 21.7. The number of anilines is 1. The first-order chi connectivity index (χ1) is 14.4. The molecule has 0 radical (unpaired) electrons. The number of hydrogen-bond acceptors (Lipinski definition) is 4. The van der Waals surface area contributed by atoms with Crippen molar-refractivity contribution in [1.82, 2.24) is 5.32 Å². The minimum Gasteiger partial charge on any atom is -0.385 e. The number of carbonyl (C=O) groups excluding carboxylic acids is 2. The first-order valence-corrected chi connectivity index (χ1v) is 11.0. The van der Waals surface area contributed by atoms with E-state index in [9.17, 15) is 14.0 Å². The van der Waals surface area contributed by atoms with Crippen LogP contribution in [0.2, 0.25) is 5.02 Å². The standard InChI is InChI=1S/C22H24ClFN2O3S/c1-14(21(27)25-10-5-11-29-2)20-22(28)26(18-6-3-4-7-19(18)30-20)13-15-8-9-16(24)12-17(15)23/h3-4,6-9,12,14,20H,5,10-11,13H2,1-2H3,(H,25,27). The SMILES string of the molecule is COCCCNC(=O)C(C)C1Sc2ccccc2N(Cc2ccc(F)cc2Cl)C1=O. The van der Waals surface area contributed by atoms with Gasteiger partial charge in [-0.1, -0.05) is 36.7 Å². The van der Waals surface area contributed by atoms with E-state index in [1.165, 1.54) is 23.9 Å². The van der Waals surface area contributed by atoms with Crippen LogP contribution in [0.25, 0.3) is 0 Å². The third kappa shape index (κ3) is 5.14. The Morgan fingerprint density at radius 2 is 2.10 bits per heavy atom. The maximum atomic E-state index is 13.4. The van der Waals surface area contributed by atoms with Gasteiger partial charge in [0.25, 0.3) is 0 Å². The Balaban J connectivity index is 1.82. The number of thioether (sulfide) groups is 1. The van der Waals surface area contributed by atoms with Gasteiger partial charge in [-0.3, -0.25) is 9.59 Å². The summed E-state index contributed by atoms with van der Waals surface area (Å²) in [5, 5.41) is 2.57. The van der Waals surface area contributed by atoms with E-state index in [2.05, 4.69) is 5.32 Å². The number of benzene rings is 2. The fourth-order valence-corrected chi connectivity index (χ4v) is 4.78. The Morgan fingerprint density at radius 1 is 1.33 bits per heavy atom. The molecule has 0 aromatic heterocycles. The smallest absolute Gasteiger partial charge is 0.241 e. The quantitative estimate of drug-likeness (QED) is 0.610. The normalized spacial score (nSPS) is 16.9. The van der Waals surface area contributed by atoms with Crippen molar-refractivity contribution in [2.24, 2.45) is 5.92 Å². The maximum Gasteiger partial charge on any atom is 0.241 e. The number of methoxy groups -OCH3 is 1. The van der Waals surface area contributed by atoms with E-state index < -0.39 is 17.0 Å². The van der Waals surface area contributed by atoms with Crippen LogP contribution in [0.1, 0.15) is 18.9 Å². The van der Waals surface area contributed by atoms with Gasteiger partial charge < -0.3 is 15.0 Å². The number of nitrogens with zero attached hydrogens (tertiary/aromatic N) is 1. The Labute approximate surface area is 184 Å². The Morgan fingerprint density at radius 3 is 2.83 bits per heavy atom. The monoisotopic (exact) mass is 450 g/mol. The molecular weight excluding hydrogens is 427 g/mol. The van der Waals surface area contributed by atoms with Crippen LogP contribution in [0.15, 0.2) is 47.4 Å². The second-order valence-corrected chi connectivity index (χ2v) is 8.68. The van der Waals surface area contributed by atoms with Gasteiger partial charge >= 0.3 is 0 Å². The first kappa shape index (κ1) is 22.6. The lowest BCUT2D eigenvalue weighted by atomic mass is 10.0. The van der Waals surface area contributed by atoms with Gasteiger partial charge in [-0.25, -0.2) is 4.39 Å². The molecule has 0 aliphatic carbocycles. The van der Waals surface area contributed by atoms with Gasteiger partial charge in [-0.2, -0.15) is 0 Å². The predicted molar refractivity (Wildman–Crippen MR) is 117 cm³/mol. The van der Waals surface area contributed by atoms with E-state index >= 15 is 0 Å². The number of amides is 2. The zero-order valence-electron chi connectivity index (χ0n) is 16.9. The number of fused-ring (bicyclic) bond motifs is 1. The van der Waals surface area contributed by atoms with Crippen LogP contribution in [0.3, 0.4) is 0 Å². The van der Waals surface area contributed by atoms with Crippen molar-refractivity contribution < 1.29 is 18.7 Å². The summed E-state index contributed by atoms with van der Waals surface area (Å²) in [5.41, 5.74) is 1.40. The highest BCUT2D eigenvalue weighted by molar-refractivity contribution is 8.01. The van der Waals surface area contributed by atoms with Crippen molar-refractivity contribution in [3.05, 3.63) is 58.9 Å². The summed E-state index contributed by atoms with van der Waals surface area (Å²) in [4.78, 5) is 28.5. The molecule has 3 rings (SSSR count). The fraction of sp³-hybridized carbons (Fsp3) is 0.364. The minimum atomic E-state index is -0.568. The largest absolute Gasteiger partial charge is 0.385 e. The molecule has 8 heteroatoms. The van der Waals surface area contributed by atoms with Crippen LogP contribution in [0.4, 0.5) is 10.1 Å². The Bertz CT molecular complexity index is 927. The van der Waals surface area contributed by atoms with Crippen molar-refractivity contribution in [3.8, 4) is 0 Å². The minimum absolute atomic E-state index is 0.168. The molecule has 5 nitrogen and oxygen atoms in total. The molecule has 1 heterocycles. The molecule has 160 valence electrons. The average molecular weight is 451 g/mol. The molecule has 1 aliphatic rings. The molecule has 0 saturated carbocycles. The van der Waals surface area contributed by atoms with Crippen LogP contribution in [-0.2, 0) is 20.9 Å². The lowest BCUT2D eigenvalue weighted by Gasteiger charge is -2.36. The average Bonchev–Trinajstić information content (AvgIpc) is 2.74. The van der Waals surface area contributed by atoms with E-state index in [0.717, 1.165) is 10.6 Å². The summed E-state index contributed by atoms with van der Waals surface area (Å²) in [6.45, 7) is 3.02. The van der Waals surface area contributed by atoms with Gasteiger partial charge in [0.1, 0.15) is 11.1 Å². The zero-order valence-corrected chi connectivity index (χ0v) is 18.4. The van der Waals surface area contributed by atoms with Gasteiger partial charge in [0.2, 0.25) is 11.8 Å². The first-order valence-electron chi connectivity index (χ1n) is 9.70. The second kappa shape index (κ2) is 10.3. The third-order valence-corrected chi connectivity index (χ3v) is 6.77. The number of halogens is 2. The van der Waals surface area contributed by atoms with E-state index in [1.54, 1.807) is 25.0 Å². The highest BCUT2D eigenvalue weighted by atomic mass is 35.5. The molecule has 1 aliphatic heterocycles. The van der Waals surface area contributed by atoms with Gasteiger partial charge in [0, 0.05) is 30.2 Å². The summed E-state index contributed by atoms with van der Waals surface area (Å²) < 4.78 is 18.4. The van der Waals surface area contributed by atoms with Crippen LogP contribution >= 0.6 is 23.4 Å². The molecule has 0 saturated heterocycles. The lowest BCUT2D eigenvalue weighted by molar-refractivity contribution is -0.128. The van der Waals surface area contributed by atoms with E-state index in [1.807, 2.05) is 24.3 Å². The van der Waals surface area contributed by atoms with Crippen LogP contribution in [0, 0.1) is 11.7 Å². The molecule has 2 amide bonds. The fourth-order valence-electron chi connectivity index (χ4n) is 3.27. The maximum absolute atomic E-state index is 13.4. The number of rotatable bonds is 8. The molecule has 0 fully saturated rings. The molecule has 2 aromatic carbocycles. The number of para-hydroxylation sites is 1. The molecule has 1 N–H and O–H groups in total. The summed E-state index contributed by atoms with van der Waals surface area (Å²) in [6, 6.07) is 11.7. The third-order valence-electron chi connectivity index (χ3n) is 4.96.